The van der Waals surface area contributed by atoms with Crippen LogP contribution in [-0.2, 0) is 66.9 Å². The van der Waals surface area contributed by atoms with Crippen LogP contribution in [0.1, 0.15) is 172 Å². The van der Waals surface area contributed by atoms with Crippen LogP contribution in [0.5, 0.6) is 0 Å². The lowest BCUT2D eigenvalue weighted by atomic mass is 9.89. The molecule has 2 aromatic rings. The number of aliphatic hydroxyl groups is 1. The van der Waals surface area contributed by atoms with Gasteiger partial charge < -0.3 is 81.9 Å². The molecule has 1 fully saturated rings. The smallest absolute Gasteiger partial charge is 0.411 e. The third-order valence-corrected chi connectivity index (χ3v) is 17.6. The molecule has 11 N–H and O–H groups in total. The molecule has 3 rings (SSSR count). The van der Waals surface area contributed by atoms with Gasteiger partial charge in [0.25, 0.3) is 0 Å². The number of urea groups is 1. The molecule has 0 aromatic heterocycles. The van der Waals surface area contributed by atoms with Crippen LogP contribution >= 0.6 is 0 Å². The number of benzene rings is 2. The second kappa shape index (κ2) is 40.0. The van der Waals surface area contributed by atoms with Crippen molar-refractivity contribution in [3.05, 3.63) is 65.7 Å². The number of nitrogens with one attached hydrogen (secondary N) is 7. The summed E-state index contributed by atoms with van der Waals surface area (Å²) in [6.45, 7) is 24.0. The lowest BCUT2D eigenvalue weighted by Gasteiger charge is -2.41. The first-order valence-electron chi connectivity index (χ1n) is 34.0. The summed E-state index contributed by atoms with van der Waals surface area (Å²) in [5.74, 6) is -9.67. The van der Waals surface area contributed by atoms with Crippen LogP contribution in [0.15, 0.2) is 54.6 Å². The quantitative estimate of drug-likeness (QED) is 0.0317. The number of nitrogens with zero attached hydrogens (tertiary/aromatic N) is 3. The summed E-state index contributed by atoms with van der Waals surface area (Å²) in [4.78, 5) is 166. The molecule has 4 unspecified atom stereocenters. The van der Waals surface area contributed by atoms with Crippen molar-refractivity contribution in [3.8, 4) is 0 Å². The molecule has 14 atom stereocenters. The van der Waals surface area contributed by atoms with Gasteiger partial charge in [0.2, 0.25) is 53.4 Å². The molecule has 29 heteroatoms. The van der Waals surface area contributed by atoms with E-state index in [2.05, 4.69) is 37.2 Å². The van der Waals surface area contributed by atoms with E-state index >= 15 is 0 Å². The van der Waals surface area contributed by atoms with Gasteiger partial charge in [-0.3, -0.25) is 48.1 Å². The number of anilines is 1. The number of ether oxygens (including phenoxy) is 4. The van der Waals surface area contributed by atoms with Crippen molar-refractivity contribution in [2.45, 2.75) is 227 Å². The van der Waals surface area contributed by atoms with Crippen molar-refractivity contribution < 1.29 is 86.7 Å². The first kappa shape index (κ1) is 84.8. The van der Waals surface area contributed by atoms with Gasteiger partial charge in [-0.15, -0.1) is 0 Å². The zero-order chi connectivity index (χ0) is 74.9. The molecular formula is C70H111N11O18. The Balaban J connectivity index is 1.80. The SMILES string of the molecule is CC[C@H](C)[C@@H]([C@@H](CC(=O)N1CCC[C@H]1[C@H](OC)[C@@H](C)C(=O)N[C@H](C)[C@@H](O)c1ccccc1)OC)N(C)C(=O)[C@@H](NC(=O)[C@H](C(C)C)N(C)C(=O)OC(C(=O)O)c1ccc(NC(=O)C(CCCNC(N)=O)NC(=O)C(NC(=O)C(CCC(=O)OC(C)(C)C)NC(C)=O)C(C)C)cc1)C(C)C. The number of likely N-dealkylation sites (N-methyl/N-ethyl adjacent to an activating group) is 2. The van der Waals surface area contributed by atoms with Gasteiger partial charge in [0, 0.05) is 66.0 Å². The number of carbonyl (C=O) groups excluding carboxylic acids is 11. The minimum Gasteiger partial charge on any atom is -0.478 e. The predicted octanol–water partition coefficient (Wildman–Crippen LogP) is 4.84. The number of aliphatic carboxylic acids is 1. The summed E-state index contributed by atoms with van der Waals surface area (Å²) in [6, 6.07) is 5.25. The third kappa shape index (κ3) is 26.0. The van der Waals surface area contributed by atoms with Gasteiger partial charge in [0.1, 0.15) is 35.8 Å². The number of carboxylic acid groups (broad SMARTS) is 1. The number of methoxy groups -OCH3 is 2. The Morgan fingerprint density at radius 1 is 0.697 bits per heavy atom. The monoisotopic (exact) mass is 1390 g/mol. The zero-order valence-corrected chi connectivity index (χ0v) is 60.9. The standard InChI is InChI=1S/C70H111N11O18/c1-19-41(8)57(51(96-17)37-52(83)81-36-24-28-50(81)59(97-18)42(9)61(86)73-43(10)58(85)45-25-21-20-22-26-45)79(15)66(91)55(39(4)5)78-65(90)56(40(6)7)80(16)69(95)98-60(67(92)93)46-29-31-47(32-30-46)75-62(87)48(27-23-35-72-68(71)94)76-64(89)54(38(2)3)77-63(88)49(74-44(11)82)33-34-53(84)99-70(12,13)14/h20-22,25-26,29-32,38-43,48-51,54-60,85H,19,23-24,27-28,33-37H2,1-18H3,(H,73,86)(H,74,82)(H,75,87)(H,76,89)(H,77,88)(H,78,90)(H,92,93)(H3,71,72,94)/t41-,42+,43+,48?,49?,50-,51+,54?,55-,56-,57-,58+,59+,60?/m0/s1. The molecule has 0 radical (unpaired) electrons. The van der Waals surface area contributed by atoms with Crippen molar-refractivity contribution in [2.75, 3.05) is 46.7 Å². The fraction of sp³-hybridized carbons (Fsp3) is 0.657. The Hall–Kier alpha value is -8.44. The van der Waals surface area contributed by atoms with E-state index in [4.69, 9.17) is 24.7 Å². The number of likely N-dealkylation sites (tertiary alicyclic amines) is 1. The van der Waals surface area contributed by atoms with Gasteiger partial charge in [0.05, 0.1) is 48.8 Å². The molecule has 1 saturated heterocycles. The number of hydrogen-bond acceptors (Lipinski definition) is 17. The van der Waals surface area contributed by atoms with E-state index in [-0.39, 0.29) is 67.6 Å². The van der Waals surface area contributed by atoms with Crippen molar-refractivity contribution >= 4 is 77.0 Å². The maximum Gasteiger partial charge on any atom is 0.411 e. The van der Waals surface area contributed by atoms with Crippen LogP contribution in [0.3, 0.4) is 0 Å². The maximum absolute atomic E-state index is 14.9. The van der Waals surface area contributed by atoms with Gasteiger partial charge in [-0.05, 0) is 101 Å². The van der Waals surface area contributed by atoms with Gasteiger partial charge in [-0.25, -0.2) is 14.4 Å². The van der Waals surface area contributed by atoms with E-state index in [1.807, 2.05) is 19.9 Å². The number of esters is 1. The fourth-order valence-electron chi connectivity index (χ4n) is 12.1. The van der Waals surface area contributed by atoms with Crippen LogP contribution in [0.25, 0.3) is 0 Å². The minimum atomic E-state index is -1.95. The number of hydrogen-bond donors (Lipinski definition) is 10. The molecule has 0 saturated carbocycles. The molecule has 2 aromatic carbocycles. The summed E-state index contributed by atoms with van der Waals surface area (Å²) in [5, 5.41) is 40.0. The lowest BCUT2D eigenvalue weighted by molar-refractivity contribution is -0.155. The third-order valence-electron chi connectivity index (χ3n) is 17.6. The minimum absolute atomic E-state index is 0.0162. The maximum atomic E-state index is 14.9. The first-order valence-corrected chi connectivity index (χ1v) is 34.0. The van der Waals surface area contributed by atoms with E-state index in [1.54, 1.807) is 112 Å². The highest BCUT2D eigenvalue weighted by Gasteiger charge is 2.45. The average Bonchev–Trinajstić information content (AvgIpc) is 1.80. The second-order valence-corrected chi connectivity index (χ2v) is 27.6. The number of rotatable bonds is 38. The summed E-state index contributed by atoms with van der Waals surface area (Å²) >= 11 is 0. The Kier molecular flexibility index (Phi) is 34.2. The van der Waals surface area contributed by atoms with Gasteiger partial charge in [0.15, 0.2) is 0 Å². The summed E-state index contributed by atoms with van der Waals surface area (Å²) < 4.78 is 22.9. The first-order chi connectivity index (χ1) is 46.3. The normalized spacial score (nSPS) is 17.1. The topological polar surface area (TPSA) is 402 Å². The number of amides is 11. The fourth-order valence-corrected chi connectivity index (χ4v) is 12.1. The van der Waals surface area contributed by atoms with E-state index in [1.165, 1.54) is 57.4 Å². The molecule has 0 bridgehead atoms. The van der Waals surface area contributed by atoms with Gasteiger partial charge >= 0.3 is 24.1 Å². The molecule has 1 aliphatic rings. The van der Waals surface area contributed by atoms with Gasteiger partial charge in [-0.1, -0.05) is 111 Å². The second-order valence-electron chi connectivity index (χ2n) is 27.6. The van der Waals surface area contributed by atoms with Crippen molar-refractivity contribution in [1.82, 2.24) is 46.6 Å². The number of primary amides is 1. The summed E-state index contributed by atoms with van der Waals surface area (Å²) in [7, 11) is 5.79. The largest absolute Gasteiger partial charge is 0.478 e. The molecule has 1 aliphatic heterocycles. The van der Waals surface area contributed by atoms with Crippen molar-refractivity contribution in [2.24, 2.45) is 35.3 Å². The highest BCUT2D eigenvalue weighted by Crippen LogP contribution is 2.31. The van der Waals surface area contributed by atoms with E-state index < -0.39 is 162 Å². The van der Waals surface area contributed by atoms with Crippen LogP contribution < -0.4 is 43.0 Å². The highest BCUT2D eigenvalue weighted by atomic mass is 16.6. The van der Waals surface area contributed by atoms with Crippen LogP contribution in [0, 0.1) is 29.6 Å². The van der Waals surface area contributed by atoms with Crippen LogP contribution in [-0.4, -0.2) is 204 Å². The van der Waals surface area contributed by atoms with E-state index in [0.29, 0.717) is 31.4 Å². The molecule has 11 amide bonds. The lowest BCUT2D eigenvalue weighted by Crippen LogP contribution is -2.60. The van der Waals surface area contributed by atoms with Crippen LogP contribution in [0.2, 0.25) is 0 Å². The molecule has 29 nitrogen and oxygen atoms in total. The Bertz CT molecular complexity index is 3040. The highest BCUT2D eigenvalue weighted by molar-refractivity contribution is 5.99. The molecular weight excluding hydrogens is 1280 g/mol. The van der Waals surface area contributed by atoms with Crippen molar-refractivity contribution in [1.29, 1.82) is 0 Å². The number of carbonyl (C=O) groups is 12. The number of nitrogens with two attached hydrogens (primary N) is 1. The Morgan fingerprint density at radius 3 is 1.82 bits per heavy atom. The zero-order valence-electron chi connectivity index (χ0n) is 60.9. The van der Waals surface area contributed by atoms with E-state index in [0.717, 1.165) is 4.90 Å². The summed E-state index contributed by atoms with van der Waals surface area (Å²) in [6.07, 6.45) is -4.35. The molecule has 554 valence electrons. The summed E-state index contributed by atoms with van der Waals surface area (Å²) in [5.41, 5.74) is 5.13. The van der Waals surface area contributed by atoms with Crippen LogP contribution in [0.4, 0.5) is 15.3 Å². The molecule has 1 heterocycles. The van der Waals surface area contributed by atoms with E-state index in [9.17, 15) is 67.7 Å². The predicted molar refractivity (Wildman–Crippen MR) is 368 cm³/mol. The van der Waals surface area contributed by atoms with Gasteiger partial charge in [-0.2, -0.15) is 0 Å². The Morgan fingerprint density at radius 2 is 1.29 bits per heavy atom. The average molecular weight is 1390 g/mol. The van der Waals surface area contributed by atoms with Crippen molar-refractivity contribution in [3.63, 3.8) is 0 Å². The number of aliphatic hydroxyl groups excluding tert-OH is 1. The molecule has 0 aliphatic carbocycles. The molecule has 99 heavy (non-hydrogen) atoms. The number of carboxylic acids is 1. The molecule has 0 spiro atoms. The Labute approximate surface area is 582 Å².